The van der Waals surface area contributed by atoms with Crippen LogP contribution in [0.2, 0.25) is 0 Å². The van der Waals surface area contributed by atoms with Gasteiger partial charge in [0.1, 0.15) is 22.1 Å². The van der Waals surface area contributed by atoms with Crippen LogP contribution in [0.1, 0.15) is 5.56 Å². The minimum absolute atomic E-state index is 0.0438. The van der Waals surface area contributed by atoms with Gasteiger partial charge in [0.05, 0.1) is 4.47 Å². The Morgan fingerprint density at radius 2 is 1.82 bits per heavy atom. The number of rotatable bonds is 4. The van der Waals surface area contributed by atoms with E-state index >= 15 is 0 Å². The molecule has 1 aromatic heterocycles. The van der Waals surface area contributed by atoms with Crippen molar-refractivity contribution in [3.63, 3.8) is 0 Å². The third kappa shape index (κ3) is 4.69. The van der Waals surface area contributed by atoms with Crippen LogP contribution in [0.5, 0.6) is 0 Å². The van der Waals surface area contributed by atoms with Gasteiger partial charge in [0.2, 0.25) is 0 Å². The topological polar surface area (TPSA) is 37.0 Å². The first-order valence-corrected chi connectivity index (χ1v) is 8.26. The van der Waals surface area contributed by atoms with Gasteiger partial charge in [0, 0.05) is 12.1 Å². The number of aromatic nitrogens is 1. The highest BCUT2D eigenvalue weighted by Gasteiger charge is 2.08. The van der Waals surface area contributed by atoms with Gasteiger partial charge in [-0.1, -0.05) is 6.07 Å². The molecule has 0 unspecified atom stereocenters. The quantitative estimate of drug-likeness (QED) is 0.534. The van der Waals surface area contributed by atoms with Crippen molar-refractivity contribution >= 4 is 55.0 Å². The number of nitrogens with one attached hydrogen (secondary N) is 2. The molecule has 0 radical (unpaired) electrons. The summed E-state index contributed by atoms with van der Waals surface area (Å²) in [7, 11) is 0. The van der Waals surface area contributed by atoms with E-state index in [1.54, 1.807) is 6.07 Å². The highest BCUT2D eigenvalue weighted by atomic mass is 79.9. The number of pyridine rings is 1. The van der Waals surface area contributed by atoms with Gasteiger partial charge in [-0.2, -0.15) is 0 Å². The van der Waals surface area contributed by atoms with Gasteiger partial charge < -0.3 is 10.6 Å². The predicted molar refractivity (Wildman–Crippen MR) is 93.9 cm³/mol. The Morgan fingerprint density at radius 1 is 1.14 bits per heavy atom. The van der Waals surface area contributed by atoms with Crippen LogP contribution < -0.4 is 10.6 Å². The van der Waals surface area contributed by atoms with Gasteiger partial charge in [-0.15, -0.1) is 0 Å². The van der Waals surface area contributed by atoms with E-state index in [4.69, 9.17) is 12.2 Å². The van der Waals surface area contributed by atoms with Crippen LogP contribution in [0.3, 0.4) is 0 Å². The summed E-state index contributed by atoms with van der Waals surface area (Å²) in [6.45, 7) is 0.307. The zero-order valence-electron chi connectivity index (χ0n) is 11.2. The second-order valence-electron chi connectivity index (χ2n) is 4.30. The van der Waals surface area contributed by atoms with Crippen LogP contribution in [-0.2, 0) is 6.42 Å². The molecule has 0 aliphatic heterocycles. The Hall–Kier alpha value is -1.12. The molecule has 3 nitrogen and oxygen atoms in total. The first-order chi connectivity index (χ1) is 10.5. The van der Waals surface area contributed by atoms with Crippen molar-refractivity contribution in [2.75, 3.05) is 11.9 Å². The number of thiocarbonyl (C=S) groups is 1. The highest BCUT2D eigenvalue weighted by Crippen LogP contribution is 2.22. The monoisotopic (exact) mass is 449 g/mol. The molecule has 22 heavy (non-hydrogen) atoms. The molecular formula is C14H11Br2F2N3S. The normalized spacial score (nSPS) is 10.4. The van der Waals surface area contributed by atoms with Gasteiger partial charge in [-0.3, -0.25) is 0 Å². The summed E-state index contributed by atoms with van der Waals surface area (Å²) in [5.74, 6) is -0.553. The SMILES string of the molecule is Fc1cccc(F)c1CCNC(=S)Nc1ccc(Br)c(Br)n1. The van der Waals surface area contributed by atoms with Crippen molar-refractivity contribution in [2.45, 2.75) is 6.42 Å². The lowest BCUT2D eigenvalue weighted by molar-refractivity contribution is 0.553. The molecule has 0 fully saturated rings. The summed E-state index contributed by atoms with van der Waals surface area (Å²) >= 11 is 11.7. The number of halogens is 4. The lowest BCUT2D eigenvalue weighted by Crippen LogP contribution is -2.30. The predicted octanol–water partition coefficient (Wildman–Crippen LogP) is 4.41. The second kappa shape index (κ2) is 7.94. The molecule has 2 aromatic rings. The number of anilines is 1. The number of nitrogens with zero attached hydrogens (tertiary/aromatic N) is 1. The fourth-order valence-corrected chi connectivity index (χ4v) is 2.47. The summed E-state index contributed by atoms with van der Waals surface area (Å²) < 4.78 is 28.4. The van der Waals surface area contributed by atoms with E-state index in [0.717, 1.165) is 4.47 Å². The lowest BCUT2D eigenvalue weighted by Gasteiger charge is -2.11. The molecule has 0 bridgehead atoms. The molecule has 0 aliphatic rings. The molecule has 0 saturated carbocycles. The fraction of sp³-hybridized carbons (Fsp3) is 0.143. The van der Waals surface area contributed by atoms with Crippen molar-refractivity contribution in [2.24, 2.45) is 0 Å². The molecule has 0 amide bonds. The highest BCUT2D eigenvalue weighted by molar-refractivity contribution is 9.13. The van der Waals surface area contributed by atoms with Crippen LogP contribution in [0.25, 0.3) is 0 Å². The van der Waals surface area contributed by atoms with Gasteiger partial charge in [-0.05, 0) is 74.8 Å². The van der Waals surface area contributed by atoms with Crippen LogP contribution in [0, 0.1) is 11.6 Å². The molecule has 8 heteroatoms. The first kappa shape index (κ1) is 17.2. The Kier molecular flexibility index (Phi) is 6.22. The van der Waals surface area contributed by atoms with Crippen LogP contribution in [0.15, 0.2) is 39.4 Å². The average Bonchev–Trinajstić information content (AvgIpc) is 2.46. The summed E-state index contributed by atoms with van der Waals surface area (Å²) in [6.07, 6.45) is 0.192. The van der Waals surface area contributed by atoms with Gasteiger partial charge in [-0.25, -0.2) is 13.8 Å². The first-order valence-electron chi connectivity index (χ1n) is 6.27. The number of hydrogen-bond acceptors (Lipinski definition) is 2. The standard InChI is InChI=1S/C14H11Br2F2N3S/c15-9-4-5-12(20-13(9)16)21-14(22)19-7-6-8-10(17)2-1-3-11(8)18/h1-5H,6-7H2,(H2,19,20,21,22). The average molecular weight is 451 g/mol. The van der Waals surface area contributed by atoms with Gasteiger partial charge in [0.15, 0.2) is 5.11 Å². The van der Waals surface area contributed by atoms with Crippen LogP contribution >= 0.6 is 44.1 Å². The molecule has 0 atom stereocenters. The molecule has 2 N–H and O–H groups in total. The Balaban J connectivity index is 1.86. The summed E-state index contributed by atoms with van der Waals surface area (Å²) in [4.78, 5) is 4.22. The Labute approximate surface area is 148 Å². The second-order valence-corrected chi connectivity index (χ2v) is 6.31. The van der Waals surface area contributed by atoms with E-state index in [0.29, 0.717) is 22.1 Å². The summed E-state index contributed by atoms with van der Waals surface area (Å²) in [5, 5.41) is 6.12. The summed E-state index contributed by atoms with van der Waals surface area (Å²) in [6, 6.07) is 7.37. The van der Waals surface area contributed by atoms with Crippen molar-refractivity contribution in [1.29, 1.82) is 0 Å². The van der Waals surface area contributed by atoms with Crippen molar-refractivity contribution < 1.29 is 8.78 Å². The lowest BCUT2D eigenvalue weighted by atomic mass is 10.1. The molecule has 2 rings (SSSR count). The molecule has 0 saturated heterocycles. The third-order valence-electron chi connectivity index (χ3n) is 2.77. The summed E-state index contributed by atoms with van der Waals surface area (Å²) in [5.41, 5.74) is 0.0438. The van der Waals surface area contributed by atoms with E-state index in [1.807, 2.05) is 6.07 Å². The number of benzene rings is 1. The molecule has 116 valence electrons. The van der Waals surface area contributed by atoms with Crippen LogP contribution in [0.4, 0.5) is 14.6 Å². The van der Waals surface area contributed by atoms with Gasteiger partial charge >= 0.3 is 0 Å². The zero-order valence-corrected chi connectivity index (χ0v) is 15.2. The fourth-order valence-electron chi connectivity index (χ4n) is 1.72. The smallest absolute Gasteiger partial charge is 0.171 e. The van der Waals surface area contributed by atoms with Crippen molar-refractivity contribution in [1.82, 2.24) is 10.3 Å². The van der Waals surface area contributed by atoms with Gasteiger partial charge in [0.25, 0.3) is 0 Å². The van der Waals surface area contributed by atoms with E-state index in [1.165, 1.54) is 18.2 Å². The van der Waals surface area contributed by atoms with E-state index < -0.39 is 11.6 Å². The minimum atomic E-state index is -0.556. The molecule has 0 aliphatic carbocycles. The Bertz CT molecular complexity index is 678. The van der Waals surface area contributed by atoms with E-state index in [2.05, 4.69) is 47.5 Å². The molecular weight excluding hydrogens is 440 g/mol. The van der Waals surface area contributed by atoms with Crippen LogP contribution in [-0.4, -0.2) is 16.6 Å². The minimum Gasteiger partial charge on any atom is -0.362 e. The molecule has 1 aromatic carbocycles. The third-order valence-corrected chi connectivity index (χ3v) is 4.79. The van der Waals surface area contributed by atoms with Crippen molar-refractivity contribution in [3.8, 4) is 0 Å². The van der Waals surface area contributed by atoms with Crippen molar-refractivity contribution in [3.05, 3.63) is 56.6 Å². The number of hydrogen-bond donors (Lipinski definition) is 2. The zero-order chi connectivity index (χ0) is 16.1. The van der Waals surface area contributed by atoms with E-state index in [9.17, 15) is 8.78 Å². The molecule has 1 heterocycles. The Morgan fingerprint density at radius 3 is 2.45 bits per heavy atom. The maximum Gasteiger partial charge on any atom is 0.171 e. The largest absolute Gasteiger partial charge is 0.362 e. The maximum absolute atomic E-state index is 13.5. The van der Waals surface area contributed by atoms with E-state index in [-0.39, 0.29) is 12.0 Å². The maximum atomic E-state index is 13.5. The molecule has 0 spiro atoms.